The average Bonchev–Trinajstić information content (AvgIpc) is 2.11. The number of aliphatic carboxylic acids is 1. The van der Waals surface area contributed by atoms with E-state index in [2.05, 4.69) is 0 Å². The van der Waals surface area contributed by atoms with Gasteiger partial charge in [-0.15, -0.1) is 0 Å². The second-order valence-corrected chi connectivity index (χ2v) is 2.97. The molecule has 1 aromatic rings. The summed E-state index contributed by atoms with van der Waals surface area (Å²) in [4.78, 5) is 10.4. The zero-order valence-corrected chi connectivity index (χ0v) is 9.08. The van der Waals surface area contributed by atoms with Crippen LogP contribution in [0.2, 0.25) is 0 Å². The zero-order valence-electron chi connectivity index (χ0n) is 7.92. The van der Waals surface area contributed by atoms with E-state index in [1.807, 2.05) is 0 Å². The lowest BCUT2D eigenvalue weighted by molar-refractivity contribution is -0.138. The lowest BCUT2D eigenvalue weighted by atomic mass is 10.1. The van der Waals surface area contributed by atoms with Crippen molar-refractivity contribution in [3.05, 3.63) is 23.8 Å². The van der Waals surface area contributed by atoms with Gasteiger partial charge in [-0.2, -0.15) is 0 Å². The maximum Gasteiger partial charge on any atom is 0.320 e. The fourth-order valence-electron chi connectivity index (χ4n) is 1.04. The average molecular weight is 224 g/mol. The summed E-state index contributed by atoms with van der Waals surface area (Å²) in [6.45, 7) is 0. The number of phenols is 2. The van der Waals surface area contributed by atoms with Gasteiger partial charge in [0.25, 0.3) is 0 Å². The number of rotatable bonds is 3. The molecule has 79 valence electrons. The Morgan fingerprint density at radius 1 is 1.33 bits per heavy atom. The highest BCUT2D eigenvalue weighted by atomic mass is 27.0. The molecule has 0 saturated carbocycles. The van der Waals surface area contributed by atoms with E-state index < -0.39 is 12.0 Å². The van der Waals surface area contributed by atoms with Gasteiger partial charge in [-0.25, -0.2) is 0 Å². The zero-order chi connectivity index (χ0) is 10.7. The molecule has 3 radical (unpaired) electrons. The van der Waals surface area contributed by atoms with Crippen LogP contribution in [0.25, 0.3) is 0 Å². The molecule has 5 N–H and O–H groups in total. The number of carboxylic acids is 1. The Morgan fingerprint density at radius 2 is 1.93 bits per heavy atom. The van der Waals surface area contributed by atoms with Gasteiger partial charge in [0.1, 0.15) is 6.04 Å². The molecule has 5 nitrogen and oxygen atoms in total. The third-order valence-corrected chi connectivity index (χ3v) is 1.81. The molecule has 15 heavy (non-hydrogen) atoms. The molecular weight excluding hydrogens is 213 g/mol. The Bertz CT molecular complexity index is 356. The molecular formula is C9H11AlNO4. The monoisotopic (exact) mass is 224 g/mol. The number of carboxylic acid groups (broad SMARTS) is 1. The molecule has 0 aromatic heterocycles. The van der Waals surface area contributed by atoms with Gasteiger partial charge in [-0.3, -0.25) is 4.79 Å². The Balaban J connectivity index is 0.00000196. The molecule has 0 saturated heterocycles. The predicted octanol–water partition coefficient (Wildman–Crippen LogP) is -0.329. The van der Waals surface area contributed by atoms with Gasteiger partial charge in [-0.05, 0) is 24.1 Å². The first kappa shape index (κ1) is 13.8. The van der Waals surface area contributed by atoms with Crippen molar-refractivity contribution < 1.29 is 20.1 Å². The number of carbonyl (C=O) groups is 1. The van der Waals surface area contributed by atoms with Gasteiger partial charge in [0, 0.05) is 17.4 Å². The van der Waals surface area contributed by atoms with Crippen molar-refractivity contribution >= 4 is 23.3 Å². The minimum Gasteiger partial charge on any atom is -0.504 e. The van der Waals surface area contributed by atoms with Crippen LogP contribution in [-0.2, 0) is 11.2 Å². The summed E-state index contributed by atoms with van der Waals surface area (Å²) in [5, 5.41) is 26.6. The van der Waals surface area contributed by atoms with Crippen LogP contribution < -0.4 is 5.73 Å². The Morgan fingerprint density at radius 3 is 2.40 bits per heavy atom. The Hall–Kier alpha value is -1.22. The fraction of sp³-hybridized carbons (Fsp3) is 0.222. The van der Waals surface area contributed by atoms with E-state index in [9.17, 15) is 4.79 Å². The van der Waals surface area contributed by atoms with Crippen molar-refractivity contribution in [2.75, 3.05) is 0 Å². The number of benzene rings is 1. The minimum absolute atomic E-state index is 0. The molecule has 0 bridgehead atoms. The van der Waals surface area contributed by atoms with Gasteiger partial charge < -0.3 is 21.1 Å². The van der Waals surface area contributed by atoms with Crippen LogP contribution in [-0.4, -0.2) is 44.7 Å². The van der Waals surface area contributed by atoms with Crippen LogP contribution in [0, 0.1) is 0 Å². The predicted molar refractivity (Wildman–Crippen MR) is 54.8 cm³/mol. The Labute approximate surface area is 97.3 Å². The maximum absolute atomic E-state index is 10.4. The standard InChI is InChI=1S/C9H11NO4.Al/c10-6(9(13)14)3-5-1-2-7(11)8(12)4-5;/h1-2,4,6,11-12H,3,10H2,(H,13,14);/t6-;/m0./s1. The highest BCUT2D eigenvalue weighted by Crippen LogP contribution is 2.25. The van der Waals surface area contributed by atoms with Gasteiger partial charge in [0.15, 0.2) is 11.5 Å². The molecule has 6 heteroatoms. The van der Waals surface area contributed by atoms with E-state index in [4.69, 9.17) is 21.1 Å². The summed E-state index contributed by atoms with van der Waals surface area (Å²) >= 11 is 0. The van der Waals surface area contributed by atoms with Crippen molar-refractivity contribution in [2.45, 2.75) is 12.5 Å². The van der Waals surface area contributed by atoms with Crippen LogP contribution in [0.4, 0.5) is 0 Å². The topological polar surface area (TPSA) is 104 Å². The first-order chi connectivity index (χ1) is 6.50. The van der Waals surface area contributed by atoms with Crippen molar-refractivity contribution in [1.82, 2.24) is 0 Å². The highest BCUT2D eigenvalue weighted by molar-refractivity contribution is 5.75. The molecule has 0 fully saturated rings. The van der Waals surface area contributed by atoms with E-state index in [-0.39, 0.29) is 35.3 Å². The molecule has 1 atom stereocenters. The van der Waals surface area contributed by atoms with E-state index in [1.165, 1.54) is 18.2 Å². The number of phenolic OH excluding ortho intramolecular Hbond substituents is 2. The second kappa shape index (κ2) is 5.61. The SMILES string of the molecule is N[C@@H](Cc1ccc(O)c(O)c1)C(=O)O.[Al]. The number of hydrogen-bond acceptors (Lipinski definition) is 4. The summed E-state index contributed by atoms with van der Waals surface area (Å²) in [6, 6.07) is 3.09. The van der Waals surface area contributed by atoms with Crippen molar-refractivity contribution in [3.8, 4) is 11.5 Å². The highest BCUT2D eigenvalue weighted by Gasteiger charge is 2.12. The van der Waals surface area contributed by atoms with Crippen molar-refractivity contribution in [3.63, 3.8) is 0 Å². The van der Waals surface area contributed by atoms with Gasteiger partial charge in [0.05, 0.1) is 0 Å². The number of hydrogen-bond donors (Lipinski definition) is 4. The van der Waals surface area contributed by atoms with E-state index in [0.717, 1.165) is 0 Å². The molecule has 0 spiro atoms. The molecule has 0 aliphatic carbocycles. The third kappa shape index (κ3) is 3.80. The van der Waals surface area contributed by atoms with Crippen LogP contribution in [0.1, 0.15) is 5.56 Å². The van der Waals surface area contributed by atoms with Gasteiger partial charge in [0.2, 0.25) is 0 Å². The maximum atomic E-state index is 10.4. The first-order valence-corrected chi connectivity index (χ1v) is 4.00. The van der Waals surface area contributed by atoms with Crippen molar-refractivity contribution in [2.24, 2.45) is 5.73 Å². The largest absolute Gasteiger partial charge is 0.504 e. The molecule has 0 aliphatic heterocycles. The fourth-order valence-corrected chi connectivity index (χ4v) is 1.04. The smallest absolute Gasteiger partial charge is 0.320 e. The van der Waals surface area contributed by atoms with Crippen LogP contribution in [0.15, 0.2) is 18.2 Å². The molecule has 1 aromatic carbocycles. The van der Waals surface area contributed by atoms with Gasteiger partial charge >= 0.3 is 5.97 Å². The summed E-state index contributed by atoms with van der Waals surface area (Å²) in [7, 11) is 0. The molecule has 0 aliphatic rings. The van der Waals surface area contributed by atoms with E-state index >= 15 is 0 Å². The number of nitrogens with two attached hydrogens (primary N) is 1. The van der Waals surface area contributed by atoms with Crippen LogP contribution in [0.3, 0.4) is 0 Å². The minimum atomic E-state index is -1.10. The number of aromatic hydroxyl groups is 2. The van der Waals surface area contributed by atoms with Crippen molar-refractivity contribution in [1.29, 1.82) is 0 Å². The lowest BCUT2D eigenvalue weighted by Gasteiger charge is -2.06. The molecule has 0 heterocycles. The van der Waals surface area contributed by atoms with Gasteiger partial charge in [-0.1, -0.05) is 6.07 Å². The Kier molecular flexibility index (Phi) is 5.16. The lowest BCUT2D eigenvalue weighted by Crippen LogP contribution is -2.32. The van der Waals surface area contributed by atoms with E-state index in [0.29, 0.717) is 5.56 Å². The quantitative estimate of drug-likeness (QED) is 0.416. The van der Waals surface area contributed by atoms with Crippen LogP contribution in [0.5, 0.6) is 11.5 Å². The molecule has 0 unspecified atom stereocenters. The summed E-state index contributed by atoms with van der Waals surface area (Å²) in [5.41, 5.74) is 5.86. The van der Waals surface area contributed by atoms with Crippen LogP contribution >= 0.6 is 0 Å². The second-order valence-electron chi connectivity index (χ2n) is 2.97. The summed E-state index contributed by atoms with van der Waals surface area (Å²) in [6.07, 6.45) is 0.114. The normalized spacial score (nSPS) is 11.5. The first-order valence-electron chi connectivity index (χ1n) is 4.00. The summed E-state index contributed by atoms with van der Waals surface area (Å²) in [5.74, 6) is -1.62. The third-order valence-electron chi connectivity index (χ3n) is 1.81. The molecule has 0 amide bonds. The summed E-state index contributed by atoms with van der Waals surface area (Å²) < 4.78 is 0. The molecule has 1 rings (SSSR count). The van der Waals surface area contributed by atoms with E-state index in [1.54, 1.807) is 0 Å².